The number of aromatic nitrogens is 2. The lowest BCUT2D eigenvalue weighted by molar-refractivity contribution is 0.260. The first-order valence-electron chi connectivity index (χ1n) is 7.92. The minimum Gasteiger partial charge on any atom is -0.339 e. The maximum absolute atomic E-state index is 12.6. The van der Waals surface area contributed by atoms with Gasteiger partial charge in [0, 0.05) is 18.5 Å². The molecule has 0 atom stereocenters. The Hall–Kier alpha value is -0.950. The molecule has 0 aliphatic heterocycles. The molecule has 1 aromatic rings. The maximum atomic E-state index is 12.6. The van der Waals surface area contributed by atoms with E-state index >= 15 is 0 Å². The predicted octanol–water partition coefficient (Wildman–Crippen LogP) is 2.43. The SMILES string of the molecule is CCN(C1CCCCC1)S(=O)(=O)Cc1noc(C2CC2)n1. The Kier molecular flexibility index (Phi) is 4.31. The van der Waals surface area contributed by atoms with E-state index in [1.807, 2.05) is 6.92 Å². The second-order valence-electron chi connectivity index (χ2n) is 6.07. The molecule has 0 saturated heterocycles. The third-order valence-corrected chi connectivity index (χ3v) is 6.27. The van der Waals surface area contributed by atoms with Crippen LogP contribution in [-0.4, -0.2) is 35.5 Å². The highest BCUT2D eigenvalue weighted by molar-refractivity contribution is 7.88. The zero-order valence-corrected chi connectivity index (χ0v) is 13.3. The van der Waals surface area contributed by atoms with Gasteiger partial charge in [-0.25, -0.2) is 8.42 Å². The summed E-state index contributed by atoms with van der Waals surface area (Å²) in [5.41, 5.74) is 0. The average Bonchev–Trinajstić information content (AvgIpc) is 3.21. The molecule has 2 saturated carbocycles. The fourth-order valence-electron chi connectivity index (χ4n) is 3.12. The largest absolute Gasteiger partial charge is 0.339 e. The van der Waals surface area contributed by atoms with Crippen molar-refractivity contribution < 1.29 is 12.9 Å². The van der Waals surface area contributed by atoms with E-state index in [2.05, 4.69) is 10.1 Å². The molecule has 7 heteroatoms. The molecule has 3 rings (SSSR count). The van der Waals surface area contributed by atoms with Crippen molar-refractivity contribution >= 4 is 10.0 Å². The summed E-state index contributed by atoms with van der Waals surface area (Å²) in [5, 5.41) is 3.83. The van der Waals surface area contributed by atoms with E-state index in [-0.39, 0.29) is 11.8 Å². The highest BCUT2D eigenvalue weighted by atomic mass is 32.2. The Balaban J connectivity index is 1.70. The highest BCUT2D eigenvalue weighted by Crippen LogP contribution is 2.39. The van der Waals surface area contributed by atoms with Gasteiger partial charge in [0.15, 0.2) is 5.82 Å². The van der Waals surface area contributed by atoms with Crippen molar-refractivity contribution in [3.05, 3.63) is 11.7 Å². The van der Waals surface area contributed by atoms with Gasteiger partial charge in [0.25, 0.3) is 0 Å². The lowest BCUT2D eigenvalue weighted by atomic mass is 9.95. The van der Waals surface area contributed by atoms with Crippen LogP contribution in [0.4, 0.5) is 0 Å². The van der Waals surface area contributed by atoms with E-state index in [0.29, 0.717) is 24.2 Å². The monoisotopic (exact) mass is 313 g/mol. The van der Waals surface area contributed by atoms with Gasteiger partial charge in [-0.15, -0.1) is 0 Å². The second kappa shape index (κ2) is 6.04. The zero-order valence-electron chi connectivity index (χ0n) is 12.5. The van der Waals surface area contributed by atoms with Crippen LogP contribution in [0.2, 0.25) is 0 Å². The predicted molar refractivity (Wildman–Crippen MR) is 78.1 cm³/mol. The lowest BCUT2D eigenvalue weighted by Gasteiger charge is -2.32. The van der Waals surface area contributed by atoms with Gasteiger partial charge in [-0.1, -0.05) is 31.3 Å². The van der Waals surface area contributed by atoms with Crippen molar-refractivity contribution in [2.24, 2.45) is 0 Å². The molecule has 0 aromatic carbocycles. The van der Waals surface area contributed by atoms with E-state index in [0.717, 1.165) is 38.5 Å². The zero-order chi connectivity index (χ0) is 14.9. The fourth-order valence-corrected chi connectivity index (χ4v) is 4.79. The van der Waals surface area contributed by atoms with Crippen LogP contribution in [0.15, 0.2) is 4.52 Å². The Morgan fingerprint density at radius 3 is 2.52 bits per heavy atom. The van der Waals surface area contributed by atoms with E-state index < -0.39 is 10.0 Å². The minimum absolute atomic E-state index is 0.142. The summed E-state index contributed by atoms with van der Waals surface area (Å²) in [5.74, 6) is 1.11. The van der Waals surface area contributed by atoms with Crippen LogP contribution in [0.3, 0.4) is 0 Å². The molecule has 0 spiro atoms. The van der Waals surface area contributed by atoms with Crippen molar-refractivity contribution in [1.82, 2.24) is 14.4 Å². The van der Waals surface area contributed by atoms with E-state index in [1.165, 1.54) is 6.42 Å². The molecule has 0 bridgehead atoms. The van der Waals surface area contributed by atoms with E-state index in [4.69, 9.17) is 4.52 Å². The maximum Gasteiger partial charge on any atom is 0.229 e. The lowest BCUT2D eigenvalue weighted by Crippen LogP contribution is -2.41. The number of rotatable bonds is 6. The third-order valence-electron chi connectivity index (χ3n) is 4.37. The Labute approximate surface area is 126 Å². The van der Waals surface area contributed by atoms with Crippen LogP contribution < -0.4 is 0 Å². The van der Waals surface area contributed by atoms with Crippen molar-refractivity contribution in [3.63, 3.8) is 0 Å². The summed E-state index contributed by atoms with van der Waals surface area (Å²) in [6, 6.07) is 0.142. The van der Waals surface area contributed by atoms with Crippen LogP contribution in [0.5, 0.6) is 0 Å². The third kappa shape index (κ3) is 3.45. The number of hydrogen-bond donors (Lipinski definition) is 0. The van der Waals surface area contributed by atoms with E-state index in [9.17, 15) is 8.42 Å². The quantitative estimate of drug-likeness (QED) is 0.806. The summed E-state index contributed by atoms with van der Waals surface area (Å²) in [7, 11) is -3.37. The summed E-state index contributed by atoms with van der Waals surface area (Å²) < 4.78 is 32.0. The molecule has 0 amide bonds. The molecule has 2 fully saturated rings. The van der Waals surface area contributed by atoms with E-state index in [1.54, 1.807) is 4.31 Å². The molecular formula is C14H23N3O3S. The first-order chi connectivity index (χ1) is 10.1. The molecule has 1 heterocycles. The smallest absolute Gasteiger partial charge is 0.229 e. The normalized spacial score (nSPS) is 21.0. The van der Waals surface area contributed by atoms with Crippen LogP contribution in [-0.2, 0) is 15.8 Å². The fraction of sp³-hybridized carbons (Fsp3) is 0.857. The van der Waals surface area contributed by atoms with Gasteiger partial charge >= 0.3 is 0 Å². The van der Waals surface area contributed by atoms with Crippen LogP contribution in [0.25, 0.3) is 0 Å². The van der Waals surface area contributed by atoms with Crippen molar-refractivity contribution in [2.45, 2.75) is 69.6 Å². The molecule has 21 heavy (non-hydrogen) atoms. The average molecular weight is 313 g/mol. The Bertz CT molecular complexity index is 574. The Morgan fingerprint density at radius 1 is 1.19 bits per heavy atom. The number of nitrogens with zero attached hydrogens (tertiary/aromatic N) is 3. The summed E-state index contributed by atoms with van der Waals surface area (Å²) in [6.45, 7) is 2.42. The van der Waals surface area contributed by atoms with Gasteiger partial charge in [-0.2, -0.15) is 9.29 Å². The minimum atomic E-state index is -3.37. The first-order valence-corrected chi connectivity index (χ1v) is 9.53. The van der Waals surface area contributed by atoms with Crippen LogP contribution in [0.1, 0.15) is 69.5 Å². The molecule has 2 aliphatic rings. The molecule has 0 N–H and O–H groups in total. The standard InChI is InChI=1S/C14H23N3O3S/c1-2-17(12-6-4-3-5-7-12)21(18,19)10-13-15-14(20-16-13)11-8-9-11/h11-12H,2-10H2,1H3. The van der Waals surface area contributed by atoms with Crippen molar-refractivity contribution in [3.8, 4) is 0 Å². The highest BCUT2D eigenvalue weighted by Gasteiger charge is 2.33. The van der Waals surface area contributed by atoms with Crippen LogP contribution >= 0.6 is 0 Å². The molecule has 2 aliphatic carbocycles. The summed E-state index contributed by atoms with van der Waals surface area (Å²) in [6.07, 6.45) is 7.51. The van der Waals surface area contributed by atoms with Crippen LogP contribution in [0, 0.1) is 0 Å². The van der Waals surface area contributed by atoms with Gasteiger partial charge in [-0.3, -0.25) is 0 Å². The molecule has 0 unspecified atom stereocenters. The number of sulfonamides is 1. The molecule has 1 aromatic heterocycles. The topological polar surface area (TPSA) is 76.3 Å². The van der Waals surface area contributed by atoms with Gasteiger partial charge in [0.2, 0.25) is 15.9 Å². The molecule has 0 radical (unpaired) electrons. The van der Waals surface area contributed by atoms with Crippen molar-refractivity contribution in [1.29, 1.82) is 0 Å². The van der Waals surface area contributed by atoms with Gasteiger partial charge in [0.05, 0.1) is 0 Å². The van der Waals surface area contributed by atoms with Gasteiger partial charge < -0.3 is 4.52 Å². The molecular weight excluding hydrogens is 290 g/mol. The summed E-state index contributed by atoms with van der Waals surface area (Å²) >= 11 is 0. The van der Waals surface area contributed by atoms with Gasteiger partial charge in [-0.05, 0) is 25.7 Å². The van der Waals surface area contributed by atoms with Crippen molar-refractivity contribution in [2.75, 3.05) is 6.54 Å². The molecule has 6 nitrogen and oxygen atoms in total. The summed E-state index contributed by atoms with van der Waals surface area (Å²) in [4.78, 5) is 4.24. The molecule has 118 valence electrons. The Morgan fingerprint density at radius 2 is 1.90 bits per heavy atom. The first kappa shape index (κ1) is 15.0. The number of hydrogen-bond acceptors (Lipinski definition) is 5. The second-order valence-corrected chi connectivity index (χ2v) is 8.00. The van der Waals surface area contributed by atoms with Gasteiger partial charge in [0.1, 0.15) is 5.75 Å².